The van der Waals surface area contributed by atoms with Crippen LogP contribution in [-0.2, 0) is 12.7 Å². The molecular formula is C9H6F3N3O2. The number of hydrogen-bond acceptors (Lipinski definition) is 3. The number of rotatable bonds is 2. The van der Waals surface area contributed by atoms with E-state index in [2.05, 4.69) is 0 Å². The summed E-state index contributed by atoms with van der Waals surface area (Å²) in [4.78, 5) is 22.3. The monoisotopic (exact) mass is 245 g/mol. The fourth-order valence-electron chi connectivity index (χ4n) is 1.24. The molecule has 90 valence electrons. The zero-order valence-corrected chi connectivity index (χ0v) is 8.28. The third-order valence-corrected chi connectivity index (χ3v) is 1.96. The highest BCUT2D eigenvalue weighted by Gasteiger charge is 2.35. The second-order valence-electron chi connectivity index (χ2n) is 3.04. The summed E-state index contributed by atoms with van der Waals surface area (Å²) in [6.07, 6.45) is -4.79. The Kier molecular flexibility index (Phi) is 3.22. The second kappa shape index (κ2) is 4.29. The fraction of sp³-hybridized carbons (Fsp3) is 0.222. The van der Waals surface area contributed by atoms with Gasteiger partial charge in [0.2, 0.25) is 0 Å². The van der Waals surface area contributed by atoms with E-state index in [4.69, 9.17) is 11.0 Å². The van der Waals surface area contributed by atoms with Crippen molar-refractivity contribution in [3.63, 3.8) is 0 Å². The van der Waals surface area contributed by atoms with Crippen LogP contribution in [0.15, 0.2) is 16.9 Å². The van der Waals surface area contributed by atoms with Crippen molar-refractivity contribution in [3.05, 3.63) is 33.7 Å². The van der Waals surface area contributed by atoms with Crippen molar-refractivity contribution in [1.82, 2.24) is 4.57 Å². The molecule has 0 saturated heterocycles. The number of carbonyl (C=O) groups is 1. The molecule has 8 heteroatoms. The summed E-state index contributed by atoms with van der Waals surface area (Å²) in [5.41, 5.74) is 1.71. The minimum Gasteiger partial charge on any atom is -0.365 e. The summed E-state index contributed by atoms with van der Waals surface area (Å²) in [6, 6.07) is 2.65. The Bertz CT molecular complexity index is 554. The SMILES string of the molecule is N#CCn1c(C(F)(F)F)ccc(C(N)=O)c1=O. The lowest BCUT2D eigenvalue weighted by atomic mass is 10.2. The number of nitrogens with two attached hydrogens (primary N) is 1. The fourth-order valence-corrected chi connectivity index (χ4v) is 1.24. The van der Waals surface area contributed by atoms with E-state index >= 15 is 0 Å². The minimum absolute atomic E-state index is 0.167. The first-order valence-corrected chi connectivity index (χ1v) is 4.27. The van der Waals surface area contributed by atoms with Gasteiger partial charge in [-0.2, -0.15) is 18.4 Å². The number of nitriles is 1. The van der Waals surface area contributed by atoms with Gasteiger partial charge in [0.15, 0.2) is 0 Å². The molecule has 1 rings (SSSR count). The zero-order chi connectivity index (χ0) is 13.2. The molecular weight excluding hydrogens is 239 g/mol. The van der Waals surface area contributed by atoms with Gasteiger partial charge < -0.3 is 5.73 Å². The van der Waals surface area contributed by atoms with Crippen LogP contribution in [-0.4, -0.2) is 10.5 Å². The number of carbonyl (C=O) groups excluding carboxylic acids is 1. The molecule has 0 aliphatic rings. The van der Waals surface area contributed by atoms with E-state index in [1.165, 1.54) is 6.07 Å². The number of nitrogens with zero attached hydrogens (tertiary/aromatic N) is 2. The summed E-state index contributed by atoms with van der Waals surface area (Å²) in [5, 5.41) is 8.37. The molecule has 0 aromatic carbocycles. The summed E-state index contributed by atoms with van der Waals surface area (Å²) < 4.78 is 37.7. The average molecular weight is 245 g/mol. The van der Waals surface area contributed by atoms with E-state index in [1.54, 1.807) is 0 Å². The number of amides is 1. The maximum Gasteiger partial charge on any atom is 0.431 e. The first kappa shape index (κ1) is 12.8. The first-order valence-electron chi connectivity index (χ1n) is 4.27. The van der Waals surface area contributed by atoms with Gasteiger partial charge in [-0.05, 0) is 12.1 Å². The van der Waals surface area contributed by atoms with Gasteiger partial charge in [0.05, 0.1) is 6.07 Å². The van der Waals surface area contributed by atoms with Gasteiger partial charge in [0.25, 0.3) is 11.5 Å². The first-order chi connectivity index (χ1) is 7.79. The van der Waals surface area contributed by atoms with Crippen LogP contribution in [0.1, 0.15) is 16.1 Å². The Labute approximate surface area is 92.9 Å². The average Bonchev–Trinajstić information content (AvgIpc) is 2.18. The Morgan fingerprint density at radius 3 is 2.47 bits per heavy atom. The van der Waals surface area contributed by atoms with Crippen molar-refractivity contribution < 1.29 is 18.0 Å². The van der Waals surface area contributed by atoms with Crippen LogP contribution in [0.5, 0.6) is 0 Å². The number of aromatic nitrogens is 1. The van der Waals surface area contributed by atoms with Crippen molar-refractivity contribution >= 4 is 5.91 Å². The maximum absolute atomic E-state index is 12.5. The van der Waals surface area contributed by atoms with Gasteiger partial charge in [-0.25, -0.2) is 0 Å². The quantitative estimate of drug-likeness (QED) is 0.822. The van der Waals surface area contributed by atoms with Gasteiger partial charge >= 0.3 is 6.18 Å². The Morgan fingerprint density at radius 1 is 1.47 bits per heavy atom. The standard InChI is InChI=1S/C9H6F3N3O2/c10-9(11,12)6-2-1-5(7(14)16)8(17)15(6)4-3-13/h1-2H,4H2,(H2,14,16). The number of alkyl halides is 3. The van der Waals surface area contributed by atoms with Crippen LogP contribution in [0.25, 0.3) is 0 Å². The molecule has 0 unspecified atom stereocenters. The zero-order valence-electron chi connectivity index (χ0n) is 8.28. The van der Waals surface area contributed by atoms with Gasteiger partial charge in [0, 0.05) is 0 Å². The smallest absolute Gasteiger partial charge is 0.365 e. The van der Waals surface area contributed by atoms with Crippen molar-refractivity contribution in [2.75, 3.05) is 0 Å². The largest absolute Gasteiger partial charge is 0.431 e. The molecule has 1 amide bonds. The molecule has 0 bridgehead atoms. The molecule has 2 N–H and O–H groups in total. The van der Waals surface area contributed by atoms with E-state index in [-0.39, 0.29) is 4.57 Å². The molecule has 0 aliphatic heterocycles. The van der Waals surface area contributed by atoms with E-state index in [0.717, 1.165) is 0 Å². The van der Waals surface area contributed by atoms with E-state index in [9.17, 15) is 22.8 Å². The van der Waals surface area contributed by atoms with Crippen LogP contribution in [0.3, 0.4) is 0 Å². The molecule has 1 heterocycles. The molecule has 0 fully saturated rings. The van der Waals surface area contributed by atoms with Gasteiger partial charge in [0.1, 0.15) is 17.8 Å². The topological polar surface area (TPSA) is 88.9 Å². The summed E-state index contributed by atoms with van der Waals surface area (Å²) in [5.74, 6) is -1.14. The molecule has 17 heavy (non-hydrogen) atoms. The molecule has 5 nitrogen and oxygen atoms in total. The maximum atomic E-state index is 12.5. The van der Waals surface area contributed by atoms with Crippen LogP contribution in [0.4, 0.5) is 13.2 Å². The van der Waals surface area contributed by atoms with Crippen molar-refractivity contribution in [2.45, 2.75) is 12.7 Å². The molecule has 0 spiro atoms. The van der Waals surface area contributed by atoms with Crippen LogP contribution >= 0.6 is 0 Å². The highest BCUT2D eigenvalue weighted by atomic mass is 19.4. The summed E-state index contributed by atoms with van der Waals surface area (Å²) in [7, 11) is 0. The lowest BCUT2D eigenvalue weighted by Gasteiger charge is -2.13. The van der Waals surface area contributed by atoms with E-state index < -0.39 is 35.4 Å². The third kappa shape index (κ3) is 2.44. The number of pyridine rings is 1. The van der Waals surface area contributed by atoms with Crippen molar-refractivity contribution in [1.29, 1.82) is 5.26 Å². The predicted octanol–water partition coefficient (Wildman–Crippen LogP) is 0.490. The predicted molar refractivity (Wildman–Crippen MR) is 49.8 cm³/mol. The highest BCUT2D eigenvalue weighted by Crippen LogP contribution is 2.28. The summed E-state index contributed by atoms with van der Waals surface area (Å²) >= 11 is 0. The Balaban J connectivity index is 3.58. The lowest BCUT2D eigenvalue weighted by Crippen LogP contribution is -2.33. The normalized spacial score (nSPS) is 10.9. The van der Waals surface area contributed by atoms with Crippen LogP contribution in [0, 0.1) is 11.3 Å². The number of hydrogen-bond donors (Lipinski definition) is 1. The minimum atomic E-state index is -4.79. The molecule has 0 atom stereocenters. The van der Waals surface area contributed by atoms with Gasteiger partial charge in [-0.3, -0.25) is 14.2 Å². The van der Waals surface area contributed by atoms with Gasteiger partial charge in [-0.15, -0.1) is 0 Å². The molecule has 1 aromatic rings. The Morgan fingerprint density at radius 2 is 2.06 bits per heavy atom. The highest BCUT2D eigenvalue weighted by molar-refractivity contribution is 5.92. The van der Waals surface area contributed by atoms with Crippen LogP contribution in [0.2, 0.25) is 0 Å². The van der Waals surface area contributed by atoms with E-state index in [0.29, 0.717) is 12.1 Å². The molecule has 0 aliphatic carbocycles. The lowest BCUT2D eigenvalue weighted by molar-refractivity contribution is -0.144. The summed E-state index contributed by atoms with van der Waals surface area (Å²) in [6.45, 7) is -0.811. The number of halogens is 3. The second-order valence-corrected chi connectivity index (χ2v) is 3.04. The Hall–Kier alpha value is -2.30. The number of primary amides is 1. The van der Waals surface area contributed by atoms with Crippen LogP contribution < -0.4 is 11.3 Å². The third-order valence-electron chi connectivity index (χ3n) is 1.96. The molecule has 0 radical (unpaired) electrons. The molecule has 0 saturated carbocycles. The van der Waals surface area contributed by atoms with E-state index in [1.807, 2.05) is 0 Å². The van der Waals surface area contributed by atoms with Crippen molar-refractivity contribution in [2.24, 2.45) is 5.73 Å². The van der Waals surface area contributed by atoms with Gasteiger partial charge in [-0.1, -0.05) is 0 Å². The molecule has 1 aromatic heterocycles. The van der Waals surface area contributed by atoms with Crippen molar-refractivity contribution in [3.8, 4) is 6.07 Å².